The van der Waals surface area contributed by atoms with Crippen LogP contribution in [0.15, 0.2) is 39.1 Å². The lowest BCUT2D eigenvalue weighted by molar-refractivity contribution is 0.226. The molecule has 32 heavy (non-hydrogen) atoms. The monoisotopic (exact) mass is 444 g/mol. The molecule has 172 valence electrons. The number of aromatic nitrogens is 2. The summed E-state index contributed by atoms with van der Waals surface area (Å²) in [6.45, 7) is 7.41. The van der Waals surface area contributed by atoms with Crippen LogP contribution in [0.1, 0.15) is 48.7 Å². The van der Waals surface area contributed by atoms with Crippen LogP contribution in [-0.4, -0.2) is 38.8 Å². The van der Waals surface area contributed by atoms with Crippen LogP contribution in [-0.2, 0) is 13.0 Å². The Morgan fingerprint density at radius 3 is 2.75 bits per heavy atom. The highest BCUT2D eigenvalue weighted by molar-refractivity contribution is 5.45. The van der Waals surface area contributed by atoms with E-state index in [9.17, 15) is 9.90 Å². The number of aryl methyl sites for hydroxylation is 1. The Morgan fingerprint density at radius 1 is 1.31 bits per heavy atom. The van der Waals surface area contributed by atoms with Crippen LogP contribution < -0.4 is 15.8 Å². The number of nitrogens with zero attached hydrogens (tertiary/aromatic N) is 2. The molecule has 0 aliphatic carbocycles. The molecule has 9 heteroatoms. The molecule has 8 nitrogen and oxygen atoms in total. The molecule has 2 aliphatic rings. The summed E-state index contributed by atoms with van der Waals surface area (Å²) >= 11 is 0. The van der Waals surface area contributed by atoms with Gasteiger partial charge in [0.25, 0.3) is 0 Å². The molecule has 1 saturated heterocycles. The fraction of sp³-hybridized carbons (Fsp3) is 0.478. The Labute approximate surface area is 185 Å². The van der Waals surface area contributed by atoms with Crippen LogP contribution in [0.4, 0.5) is 4.39 Å². The second kappa shape index (κ2) is 8.72. The van der Waals surface area contributed by atoms with Crippen molar-refractivity contribution in [1.82, 2.24) is 20.4 Å². The number of piperidine rings is 1. The van der Waals surface area contributed by atoms with E-state index in [0.717, 1.165) is 42.9 Å². The number of rotatable bonds is 6. The Hall–Kier alpha value is -3.23. The maximum absolute atomic E-state index is 15.1. The van der Waals surface area contributed by atoms with E-state index < -0.39 is 17.1 Å². The Bertz CT molecular complexity index is 1110. The Kier molecular flexibility index (Phi) is 5.99. The molecule has 0 spiro atoms. The van der Waals surface area contributed by atoms with Gasteiger partial charge in [-0.2, -0.15) is 0 Å². The van der Waals surface area contributed by atoms with Crippen LogP contribution in [0, 0.1) is 19.7 Å². The van der Waals surface area contributed by atoms with Gasteiger partial charge in [-0.25, -0.2) is 9.18 Å². The molecule has 1 atom stereocenters. The van der Waals surface area contributed by atoms with E-state index in [-0.39, 0.29) is 23.9 Å². The molecule has 0 radical (unpaired) electrons. The van der Waals surface area contributed by atoms with Crippen LogP contribution in [0.2, 0.25) is 0 Å². The molecule has 1 fully saturated rings. The lowest BCUT2D eigenvalue weighted by Gasteiger charge is -2.40. The summed E-state index contributed by atoms with van der Waals surface area (Å²) in [5.41, 5.74) is 1.79. The number of H-pyrrole nitrogens is 1. The van der Waals surface area contributed by atoms with Crippen molar-refractivity contribution in [2.75, 3.05) is 13.1 Å². The number of halogens is 1. The fourth-order valence-corrected chi connectivity index (χ4v) is 4.35. The van der Waals surface area contributed by atoms with Gasteiger partial charge >= 0.3 is 5.76 Å². The van der Waals surface area contributed by atoms with Crippen molar-refractivity contribution in [3.8, 4) is 5.75 Å². The minimum atomic E-state index is -0.683. The van der Waals surface area contributed by atoms with Crippen molar-refractivity contribution < 1.29 is 18.8 Å². The topological polar surface area (TPSA) is 104 Å². The Morgan fingerprint density at radius 2 is 2.06 bits per heavy atom. The van der Waals surface area contributed by atoms with E-state index in [2.05, 4.69) is 24.9 Å². The summed E-state index contributed by atoms with van der Waals surface area (Å²) in [6.07, 6.45) is 7.61. The second-order valence-corrected chi connectivity index (χ2v) is 8.77. The molecule has 1 aromatic carbocycles. The zero-order valence-electron chi connectivity index (χ0n) is 18.6. The van der Waals surface area contributed by atoms with Crippen molar-refractivity contribution in [3.05, 3.63) is 68.7 Å². The van der Waals surface area contributed by atoms with Gasteiger partial charge in [-0.15, -0.1) is 0 Å². The maximum atomic E-state index is 15.1. The summed E-state index contributed by atoms with van der Waals surface area (Å²) in [7, 11) is 0. The number of ether oxygens (including phenoxy) is 1. The SMILES string of the molecule is Cc1cc(OCc2noc(=O)[nH]2)c(F)c(C)c1CC1(C)C=CC(O)=C(N2CCCCC2)N1. The second-order valence-electron chi connectivity index (χ2n) is 8.77. The van der Waals surface area contributed by atoms with Gasteiger partial charge in [-0.3, -0.25) is 9.51 Å². The number of dihydropyridines is 1. The smallest absolute Gasteiger partial charge is 0.439 e. The van der Waals surface area contributed by atoms with Gasteiger partial charge in [-0.05, 0) is 75.3 Å². The van der Waals surface area contributed by atoms with Crippen molar-refractivity contribution in [1.29, 1.82) is 0 Å². The first kappa shape index (κ1) is 22.0. The molecule has 1 unspecified atom stereocenters. The number of likely N-dealkylation sites (tertiary alicyclic amines) is 1. The number of benzene rings is 1. The predicted octanol–water partition coefficient (Wildman–Crippen LogP) is 3.37. The lowest BCUT2D eigenvalue weighted by Crippen LogP contribution is -2.50. The average molecular weight is 445 g/mol. The molecular formula is C23H29FN4O4. The predicted molar refractivity (Wildman–Crippen MR) is 117 cm³/mol. The number of aromatic amines is 1. The van der Waals surface area contributed by atoms with Crippen LogP contribution in [0.5, 0.6) is 5.75 Å². The molecule has 0 amide bonds. The number of allylic oxidation sites excluding steroid dienone is 1. The molecule has 3 heterocycles. The van der Waals surface area contributed by atoms with E-state index in [4.69, 9.17) is 4.74 Å². The summed E-state index contributed by atoms with van der Waals surface area (Å²) in [6, 6.07) is 1.66. The molecule has 0 saturated carbocycles. The summed E-state index contributed by atoms with van der Waals surface area (Å²) in [5.74, 6) is 0.128. The first-order chi connectivity index (χ1) is 15.3. The van der Waals surface area contributed by atoms with Crippen LogP contribution in [0.3, 0.4) is 0 Å². The first-order valence-electron chi connectivity index (χ1n) is 10.9. The summed E-state index contributed by atoms with van der Waals surface area (Å²) in [5, 5.41) is 17.5. The minimum absolute atomic E-state index is 0.0939. The van der Waals surface area contributed by atoms with Crippen molar-refractivity contribution in [2.24, 2.45) is 0 Å². The van der Waals surface area contributed by atoms with Crippen LogP contribution in [0.25, 0.3) is 0 Å². The van der Waals surface area contributed by atoms with Gasteiger partial charge in [0.05, 0.1) is 5.54 Å². The Balaban J connectivity index is 1.53. The highest BCUT2D eigenvalue weighted by Gasteiger charge is 2.31. The third-order valence-electron chi connectivity index (χ3n) is 6.14. The van der Waals surface area contributed by atoms with E-state index in [1.165, 1.54) is 6.42 Å². The molecular weight excluding hydrogens is 415 g/mol. The van der Waals surface area contributed by atoms with Crippen molar-refractivity contribution in [3.63, 3.8) is 0 Å². The van der Waals surface area contributed by atoms with Crippen LogP contribution >= 0.6 is 0 Å². The highest BCUT2D eigenvalue weighted by atomic mass is 19.1. The minimum Gasteiger partial charge on any atom is -0.504 e. The van der Waals surface area contributed by atoms with Gasteiger partial charge in [0.2, 0.25) is 0 Å². The molecule has 1 aromatic heterocycles. The molecule has 2 aliphatic heterocycles. The standard InChI is InChI=1S/C23H29FN4O4/c1-14-11-18(31-13-19-25-22(30)32-27-19)20(24)15(2)16(14)12-23(3)8-7-17(29)21(26-23)28-9-5-4-6-10-28/h7-8,11,26,29H,4-6,9-10,12-13H2,1-3H3,(H,25,27,30). The van der Waals surface area contributed by atoms with E-state index >= 15 is 4.39 Å². The van der Waals surface area contributed by atoms with Gasteiger partial charge in [-0.1, -0.05) is 11.2 Å². The summed E-state index contributed by atoms with van der Waals surface area (Å²) < 4.78 is 25.1. The fourth-order valence-electron chi connectivity index (χ4n) is 4.35. The van der Waals surface area contributed by atoms with Gasteiger partial charge in [0.1, 0.15) is 12.4 Å². The number of aliphatic hydroxyl groups excluding tert-OH is 1. The molecule has 2 aromatic rings. The zero-order chi connectivity index (χ0) is 22.9. The van der Waals surface area contributed by atoms with Crippen molar-refractivity contribution >= 4 is 0 Å². The number of hydrogen-bond acceptors (Lipinski definition) is 7. The third kappa shape index (κ3) is 4.51. The number of hydrogen-bond donors (Lipinski definition) is 3. The highest BCUT2D eigenvalue weighted by Crippen LogP contribution is 2.32. The van der Waals surface area contributed by atoms with E-state index in [1.54, 1.807) is 19.1 Å². The normalized spacial score (nSPS) is 21.1. The molecule has 0 bridgehead atoms. The third-order valence-corrected chi connectivity index (χ3v) is 6.14. The van der Waals surface area contributed by atoms with Gasteiger partial charge in [0.15, 0.2) is 23.2 Å². The lowest BCUT2D eigenvalue weighted by atomic mass is 9.86. The van der Waals surface area contributed by atoms with E-state index in [0.29, 0.717) is 12.0 Å². The van der Waals surface area contributed by atoms with Gasteiger partial charge in [0, 0.05) is 13.1 Å². The molecule has 3 N–H and O–H groups in total. The first-order valence-corrected chi connectivity index (χ1v) is 10.9. The van der Waals surface area contributed by atoms with E-state index in [1.807, 2.05) is 19.9 Å². The molecule has 4 rings (SSSR count). The average Bonchev–Trinajstić information content (AvgIpc) is 3.20. The zero-order valence-corrected chi connectivity index (χ0v) is 18.6. The number of aliphatic hydroxyl groups is 1. The van der Waals surface area contributed by atoms with Gasteiger partial charge < -0.3 is 20.1 Å². The maximum Gasteiger partial charge on any atom is 0.439 e. The number of nitrogens with one attached hydrogen (secondary N) is 2. The quantitative estimate of drug-likeness (QED) is 0.628. The summed E-state index contributed by atoms with van der Waals surface area (Å²) in [4.78, 5) is 15.6. The largest absolute Gasteiger partial charge is 0.504 e. The van der Waals surface area contributed by atoms with Crippen molar-refractivity contribution in [2.45, 2.75) is 58.6 Å².